The monoisotopic (exact) mass is 287 g/mol. The third-order valence-electron chi connectivity index (χ3n) is 3.34. The van der Waals surface area contributed by atoms with Crippen LogP contribution in [-0.2, 0) is 4.79 Å². The topological polar surface area (TPSA) is 84.1 Å². The number of hydrogen-bond acceptors (Lipinski definition) is 5. The van der Waals surface area contributed by atoms with Crippen molar-refractivity contribution in [1.82, 2.24) is 14.9 Å². The zero-order valence-electron chi connectivity index (χ0n) is 12.5. The van der Waals surface area contributed by atoms with Crippen molar-refractivity contribution < 1.29 is 4.79 Å². The normalized spacial score (nSPS) is 10.6. The Balaban J connectivity index is 2.00. The fourth-order valence-electron chi connectivity index (χ4n) is 2.17. The van der Waals surface area contributed by atoms with Crippen molar-refractivity contribution in [3.8, 4) is 0 Å². The molecule has 0 aliphatic carbocycles. The van der Waals surface area contributed by atoms with Crippen LogP contribution in [-0.4, -0.2) is 40.4 Å². The van der Waals surface area contributed by atoms with Gasteiger partial charge < -0.3 is 16.0 Å². The molecule has 3 N–H and O–H groups in total. The van der Waals surface area contributed by atoms with Gasteiger partial charge in [-0.1, -0.05) is 12.1 Å². The number of hydrogen-bond donors (Lipinski definition) is 2. The van der Waals surface area contributed by atoms with Gasteiger partial charge in [0.15, 0.2) is 11.6 Å². The summed E-state index contributed by atoms with van der Waals surface area (Å²) in [5, 5.41) is 3.09. The first-order valence-electron chi connectivity index (χ1n) is 7.19. The second-order valence-corrected chi connectivity index (χ2v) is 4.69. The highest BCUT2D eigenvalue weighted by Crippen LogP contribution is 2.18. The van der Waals surface area contributed by atoms with E-state index in [1.54, 1.807) is 4.90 Å². The van der Waals surface area contributed by atoms with E-state index in [1.807, 2.05) is 38.1 Å². The first-order chi connectivity index (χ1) is 10.2. The fourth-order valence-corrected chi connectivity index (χ4v) is 2.17. The van der Waals surface area contributed by atoms with Crippen molar-refractivity contribution in [2.75, 3.05) is 30.7 Å². The number of nitrogens with one attached hydrogen (secondary N) is 1. The molecular formula is C15H21N5O. The number of amides is 1. The van der Waals surface area contributed by atoms with E-state index in [1.165, 1.54) is 0 Å². The molecule has 1 heterocycles. The predicted molar refractivity (Wildman–Crippen MR) is 85.0 cm³/mol. The number of nitrogens with two attached hydrogens (primary N) is 1. The van der Waals surface area contributed by atoms with Gasteiger partial charge in [0.05, 0.1) is 11.0 Å². The number of nitrogen functional groups attached to an aromatic ring is 1. The number of rotatable bonds is 6. The van der Waals surface area contributed by atoms with Crippen LogP contribution in [0.4, 0.5) is 11.6 Å². The average Bonchev–Trinajstić information content (AvgIpc) is 2.49. The van der Waals surface area contributed by atoms with Gasteiger partial charge in [0, 0.05) is 26.1 Å². The van der Waals surface area contributed by atoms with E-state index in [4.69, 9.17) is 5.73 Å². The molecule has 6 nitrogen and oxygen atoms in total. The molecule has 0 bridgehead atoms. The molecule has 6 heteroatoms. The summed E-state index contributed by atoms with van der Waals surface area (Å²) in [7, 11) is 0. The Morgan fingerprint density at radius 1 is 1.19 bits per heavy atom. The van der Waals surface area contributed by atoms with Gasteiger partial charge in [0.1, 0.15) is 0 Å². The summed E-state index contributed by atoms with van der Waals surface area (Å²) in [6.07, 6.45) is 0.412. The average molecular weight is 287 g/mol. The number of benzene rings is 1. The van der Waals surface area contributed by atoms with Crippen molar-refractivity contribution in [2.24, 2.45) is 0 Å². The Morgan fingerprint density at radius 2 is 1.81 bits per heavy atom. The number of carbonyl (C=O) groups is 1. The molecule has 2 rings (SSSR count). The summed E-state index contributed by atoms with van der Waals surface area (Å²) in [4.78, 5) is 22.4. The maximum absolute atomic E-state index is 11.9. The Bertz CT molecular complexity index is 624. The van der Waals surface area contributed by atoms with Crippen molar-refractivity contribution in [3.63, 3.8) is 0 Å². The van der Waals surface area contributed by atoms with E-state index < -0.39 is 0 Å². The molecule has 0 radical (unpaired) electrons. The quantitative estimate of drug-likeness (QED) is 0.847. The largest absolute Gasteiger partial charge is 0.381 e. The van der Waals surface area contributed by atoms with Crippen LogP contribution in [0.25, 0.3) is 11.0 Å². The highest BCUT2D eigenvalue weighted by Gasteiger charge is 2.10. The summed E-state index contributed by atoms with van der Waals surface area (Å²) in [6, 6.07) is 7.55. The Morgan fingerprint density at radius 3 is 2.43 bits per heavy atom. The van der Waals surface area contributed by atoms with Crippen LogP contribution < -0.4 is 11.1 Å². The van der Waals surface area contributed by atoms with Gasteiger partial charge in [-0.25, -0.2) is 9.97 Å². The summed E-state index contributed by atoms with van der Waals surface area (Å²) in [6.45, 7) is 5.90. The fraction of sp³-hybridized carbons (Fsp3) is 0.400. The second kappa shape index (κ2) is 6.88. The Kier molecular flexibility index (Phi) is 4.92. The van der Waals surface area contributed by atoms with Gasteiger partial charge in [-0.2, -0.15) is 0 Å². The summed E-state index contributed by atoms with van der Waals surface area (Å²) in [5.41, 5.74) is 7.43. The standard InChI is InChI=1S/C15H21N5O/c1-3-20(4-2)13(21)9-10-17-15-14(16)18-11-7-5-6-8-12(11)19-15/h5-8H,3-4,9-10H2,1-2H3,(H2,16,18)(H,17,19). The van der Waals surface area contributed by atoms with Crippen LogP contribution in [0.15, 0.2) is 24.3 Å². The van der Waals surface area contributed by atoms with Gasteiger partial charge in [-0.05, 0) is 26.0 Å². The molecule has 1 amide bonds. The highest BCUT2D eigenvalue weighted by molar-refractivity contribution is 5.80. The minimum Gasteiger partial charge on any atom is -0.381 e. The lowest BCUT2D eigenvalue weighted by Crippen LogP contribution is -2.31. The van der Waals surface area contributed by atoms with Gasteiger partial charge in [0.2, 0.25) is 5.91 Å². The molecule has 112 valence electrons. The van der Waals surface area contributed by atoms with Crippen molar-refractivity contribution in [2.45, 2.75) is 20.3 Å². The molecular weight excluding hydrogens is 266 g/mol. The van der Waals surface area contributed by atoms with Crippen LogP contribution >= 0.6 is 0 Å². The molecule has 0 aliphatic rings. The van der Waals surface area contributed by atoms with Crippen molar-refractivity contribution >= 4 is 28.6 Å². The molecule has 0 saturated carbocycles. The Labute approximate surface area is 124 Å². The molecule has 0 fully saturated rings. The van der Waals surface area contributed by atoms with Gasteiger partial charge >= 0.3 is 0 Å². The molecule has 1 aromatic heterocycles. The van der Waals surface area contributed by atoms with E-state index >= 15 is 0 Å². The van der Waals surface area contributed by atoms with Crippen LogP contribution in [0.3, 0.4) is 0 Å². The third-order valence-corrected chi connectivity index (χ3v) is 3.34. The van der Waals surface area contributed by atoms with Crippen LogP contribution in [0.2, 0.25) is 0 Å². The molecule has 0 atom stereocenters. The van der Waals surface area contributed by atoms with Gasteiger partial charge in [0.25, 0.3) is 0 Å². The van der Waals surface area contributed by atoms with Crippen LogP contribution in [0.1, 0.15) is 20.3 Å². The molecule has 21 heavy (non-hydrogen) atoms. The van der Waals surface area contributed by atoms with Gasteiger partial charge in [-0.3, -0.25) is 4.79 Å². The highest BCUT2D eigenvalue weighted by atomic mass is 16.2. The number of aromatic nitrogens is 2. The molecule has 0 aliphatic heterocycles. The number of anilines is 2. The van der Waals surface area contributed by atoms with Crippen LogP contribution in [0.5, 0.6) is 0 Å². The summed E-state index contributed by atoms with van der Waals surface area (Å²) in [5.74, 6) is 1.00. The zero-order valence-corrected chi connectivity index (χ0v) is 12.5. The molecule has 0 saturated heterocycles. The van der Waals surface area contributed by atoms with Crippen molar-refractivity contribution in [1.29, 1.82) is 0 Å². The van der Waals surface area contributed by atoms with E-state index in [0.29, 0.717) is 24.6 Å². The minimum absolute atomic E-state index is 0.125. The SMILES string of the molecule is CCN(CC)C(=O)CCNc1nc2ccccc2nc1N. The third kappa shape index (κ3) is 3.59. The number of para-hydroxylation sites is 2. The van der Waals surface area contributed by atoms with E-state index in [0.717, 1.165) is 24.1 Å². The zero-order chi connectivity index (χ0) is 15.2. The second-order valence-electron chi connectivity index (χ2n) is 4.69. The minimum atomic E-state index is 0.125. The molecule has 1 aromatic carbocycles. The molecule has 0 spiro atoms. The Hall–Kier alpha value is -2.37. The van der Waals surface area contributed by atoms with E-state index in [2.05, 4.69) is 15.3 Å². The first kappa shape index (κ1) is 15.0. The number of fused-ring (bicyclic) bond motifs is 1. The molecule has 2 aromatic rings. The number of nitrogens with zero attached hydrogens (tertiary/aromatic N) is 3. The van der Waals surface area contributed by atoms with E-state index in [9.17, 15) is 4.79 Å². The predicted octanol–water partition coefficient (Wildman–Crippen LogP) is 1.88. The van der Waals surface area contributed by atoms with Gasteiger partial charge in [-0.15, -0.1) is 0 Å². The lowest BCUT2D eigenvalue weighted by atomic mass is 10.3. The smallest absolute Gasteiger partial charge is 0.224 e. The van der Waals surface area contributed by atoms with Crippen LogP contribution in [0, 0.1) is 0 Å². The maximum Gasteiger partial charge on any atom is 0.224 e. The molecule has 0 unspecified atom stereocenters. The van der Waals surface area contributed by atoms with E-state index in [-0.39, 0.29) is 5.91 Å². The summed E-state index contributed by atoms with van der Waals surface area (Å²) < 4.78 is 0. The summed E-state index contributed by atoms with van der Waals surface area (Å²) >= 11 is 0. The first-order valence-corrected chi connectivity index (χ1v) is 7.19. The lowest BCUT2D eigenvalue weighted by molar-refractivity contribution is -0.130. The lowest BCUT2D eigenvalue weighted by Gasteiger charge is -2.18. The number of carbonyl (C=O) groups excluding carboxylic acids is 1. The maximum atomic E-state index is 11.9. The van der Waals surface area contributed by atoms with Crippen molar-refractivity contribution in [3.05, 3.63) is 24.3 Å².